The van der Waals surface area contributed by atoms with Crippen molar-refractivity contribution in [2.24, 2.45) is 0 Å². The van der Waals surface area contributed by atoms with Crippen LogP contribution in [0.2, 0.25) is 0 Å². The van der Waals surface area contributed by atoms with Crippen LogP contribution in [-0.2, 0) is 0 Å². The molecule has 4 rings (SSSR count). The van der Waals surface area contributed by atoms with E-state index in [2.05, 4.69) is 4.98 Å². The van der Waals surface area contributed by atoms with Crippen LogP contribution in [0, 0.1) is 6.92 Å². The minimum absolute atomic E-state index is 0.0688. The second-order valence-corrected chi connectivity index (χ2v) is 6.10. The Hall–Kier alpha value is -2.56. The summed E-state index contributed by atoms with van der Waals surface area (Å²) in [6.07, 6.45) is 3.44. The summed E-state index contributed by atoms with van der Waals surface area (Å²) >= 11 is 0. The number of aryl methyl sites for hydroxylation is 1. The van der Waals surface area contributed by atoms with Crippen molar-refractivity contribution in [1.29, 1.82) is 0 Å². The summed E-state index contributed by atoms with van der Waals surface area (Å²) in [4.78, 5) is 22.5. The van der Waals surface area contributed by atoms with Crippen LogP contribution in [-0.4, -0.2) is 33.9 Å². The van der Waals surface area contributed by atoms with Gasteiger partial charge in [-0.1, -0.05) is 12.1 Å². The number of benzene rings is 1. The lowest BCUT2D eigenvalue weighted by atomic mass is 9.95. The quantitative estimate of drug-likeness (QED) is 0.788. The molecule has 1 saturated heterocycles. The van der Waals surface area contributed by atoms with Gasteiger partial charge in [0.1, 0.15) is 11.6 Å². The van der Waals surface area contributed by atoms with E-state index in [9.17, 15) is 4.79 Å². The summed E-state index contributed by atoms with van der Waals surface area (Å²) in [6, 6.07) is 9.84. The monoisotopic (exact) mass is 309 g/mol. The molecule has 0 atom stereocenters. The summed E-state index contributed by atoms with van der Waals surface area (Å²) in [6.45, 7) is 3.34. The van der Waals surface area contributed by atoms with Gasteiger partial charge in [-0.25, -0.2) is 4.98 Å². The first-order valence-corrected chi connectivity index (χ1v) is 8.00. The number of aromatic nitrogens is 2. The predicted octanol–water partition coefficient (Wildman–Crippen LogP) is 3.48. The fourth-order valence-corrected chi connectivity index (χ4v) is 3.30. The number of para-hydroxylation sites is 2. The number of hydrogen-bond donors (Lipinski definition) is 1. The largest absolute Gasteiger partial charge is 0.469 e. The first-order valence-electron chi connectivity index (χ1n) is 8.00. The molecule has 0 spiro atoms. The number of H-pyrrole nitrogens is 1. The van der Waals surface area contributed by atoms with Gasteiger partial charge in [0.25, 0.3) is 5.91 Å². The lowest BCUT2D eigenvalue weighted by molar-refractivity contribution is 0.0709. The SMILES string of the molecule is Cc1occc1C(=O)N1CCC(c2nc3ccccc3[nH]2)CC1. The van der Waals surface area contributed by atoms with Crippen molar-refractivity contribution in [3.8, 4) is 0 Å². The highest BCUT2D eigenvalue weighted by Crippen LogP contribution is 2.28. The number of nitrogens with one attached hydrogen (secondary N) is 1. The standard InChI is InChI=1S/C18H19N3O2/c1-12-14(8-11-23-12)18(22)21-9-6-13(7-10-21)17-19-15-4-2-3-5-16(15)20-17/h2-5,8,11,13H,6-7,9-10H2,1H3,(H,19,20). The molecule has 1 fully saturated rings. The molecule has 1 aromatic carbocycles. The normalized spacial score (nSPS) is 16.1. The van der Waals surface area contributed by atoms with E-state index in [-0.39, 0.29) is 5.91 Å². The van der Waals surface area contributed by atoms with E-state index in [1.807, 2.05) is 36.1 Å². The first kappa shape index (κ1) is 14.1. The Morgan fingerprint density at radius 3 is 2.74 bits per heavy atom. The molecule has 2 aromatic heterocycles. The number of likely N-dealkylation sites (tertiary alicyclic amines) is 1. The molecule has 1 aliphatic rings. The fourth-order valence-electron chi connectivity index (χ4n) is 3.30. The Labute approximate surface area is 134 Å². The Morgan fingerprint density at radius 2 is 2.04 bits per heavy atom. The highest BCUT2D eigenvalue weighted by Gasteiger charge is 2.27. The topological polar surface area (TPSA) is 62.1 Å². The third kappa shape index (κ3) is 2.52. The number of amides is 1. The van der Waals surface area contributed by atoms with Gasteiger partial charge in [0, 0.05) is 19.0 Å². The van der Waals surface area contributed by atoms with Crippen molar-refractivity contribution in [3.05, 3.63) is 53.7 Å². The smallest absolute Gasteiger partial charge is 0.257 e. The molecule has 118 valence electrons. The van der Waals surface area contributed by atoms with Gasteiger partial charge >= 0.3 is 0 Å². The number of rotatable bonds is 2. The number of fused-ring (bicyclic) bond motifs is 1. The van der Waals surface area contributed by atoms with Crippen molar-refractivity contribution in [1.82, 2.24) is 14.9 Å². The number of piperidine rings is 1. The molecule has 5 nitrogen and oxygen atoms in total. The lowest BCUT2D eigenvalue weighted by Crippen LogP contribution is -2.38. The second kappa shape index (κ2) is 5.57. The number of nitrogens with zero attached hydrogens (tertiary/aromatic N) is 2. The minimum Gasteiger partial charge on any atom is -0.469 e. The van der Waals surface area contributed by atoms with Crippen molar-refractivity contribution < 1.29 is 9.21 Å². The van der Waals surface area contributed by atoms with E-state index in [0.717, 1.165) is 42.8 Å². The van der Waals surface area contributed by atoms with Gasteiger partial charge in [0.2, 0.25) is 0 Å². The number of carbonyl (C=O) groups is 1. The molecule has 23 heavy (non-hydrogen) atoms. The van der Waals surface area contributed by atoms with Crippen molar-refractivity contribution in [2.45, 2.75) is 25.7 Å². The molecule has 0 radical (unpaired) electrons. The Bertz CT molecular complexity index is 808. The third-order valence-corrected chi connectivity index (χ3v) is 4.67. The zero-order valence-corrected chi connectivity index (χ0v) is 13.1. The number of imidazole rings is 1. The van der Waals surface area contributed by atoms with Crippen LogP contribution in [0.4, 0.5) is 0 Å². The molecule has 1 aliphatic heterocycles. The van der Waals surface area contributed by atoms with Crippen molar-refractivity contribution >= 4 is 16.9 Å². The highest BCUT2D eigenvalue weighted by molar-refractivity contribution is 5.95. The molecule has 0 aliphatic carbocycles. The molecule has 0 saturated carbocycles. The van der Waals surface area contributed by atoms with Gasteiger partial charge in [0.15, 0.2) is 0 Å². The molecule has 1 N–H and O–H groups in total. The summed E-state index contributed by atoms with van der Waals surface area (Å²) in [5.74, 6) is 2.18. The van der Waals surface area contributed by atoms with Gasteiger partial charge < -0.3 is 14.3 Å². The van der Waals surface area contributed by atoms with Crippen LogP contribution < -0.4 is 0 Å². The molecule has 0 bridgehead atoms. The molecule has 1 amide bonds. The van der Waals surface area contributed by atoms with Crippen LogP contribution in [0.25, 0.3) is 11.0 Å². The van der Waals surface area contributed by atoms with Crippen molar-refractivity contribution in [2.75, 3.05) is 13.1 Å². The summed E-state index contributed by atoms with van der Waals surface area (Å²) in [5.41, 5.74) is 2.76. The van der Waals surface area contributed by atoms with Gasteiger partial charge in [-0.15, -0.1) is 0 Å². The summed E-state index contributed by atoms with van der Waals surface area (Å²) in [7, 11) is 0. The molecule has 0 unspecified atom stereocenters. The second-order valence-electron chi connectivity index (χ2n) is 6.10. The van der Waals surface area contributed by atoms with Crippen LogP contribution in [0.15, 0.2) is 41.0 Å². The number of furan rings is 1. The Balaban J connectivity index is 1.46. The summed E-state index contributed by atoms with van der Waals surface area (Å²) < 4.78 is 5.24. The third-order valence-electron chi connectivity index (χ3n) is 4.67. The van der Waals surface area contributed by atoms with Crippen LogP contribution in [0.5, 0.6) is 0 Å². The lowest BCUT2D eigenvalue weighted by Gasteiger charge is -2.31. The maximum Gasteiger partial charge on any atom is 0.257 e. The molecular weight excluding hydrogens is 290 g/mol. The maximum absolute atomic E-state index is 12.5. The van der Waals surface area contributed by atoms with Gasteiger partial charge in [-0.2, -0.15) is 0 Å². The van der Waals surface area contributed by atoms with E-state index in [4.69, 9.17) is 9.40 Å². The first-order chi connectivity index (χ1) is 11.2. The van der Waals surface area contributed by atoms with Crippen LogP contribution >= 0.6 is 0 Å². The highest BCUT2D eigenvalue weighted by atomic mass is 16.3. The van der Waals surface area contributed by atoms with Gasteiger partial charge in [0.05, 0.1) is 22.9 Å². The number of carbonyl (C=O) groups excluding carboxylic acids is 1. The number of hydrogen-bond acceptors (Lipinski definition) is 3. The zero-order valence-electron chi connectivity index (χ0n) is 13.1. The summed E-state index contributed by atoms with van der Waals surface area (Å²) in [5, 5.41) is 0. The molecule has 5 heteroatoms. The average Bonchev–Trinajstić information content (AvgIpc) is 3.20. The van der Waals surface area contributed by atoms with Gasteiger partial charge in [-0.3, -0.25) is 4.79 Å². The van der Waals surface area contributed by atoms with Crippen molar-refractivity contribution in [3.63, 3.8) is 0 Å². The van der Waals surface area contributed by atoms with Crippen LogP contribution in [0.1, 0.15) is 40.7 Å². The fraction of sp³-hybridized carbons (Fsp3) is 0.333. The van der Waals surface area contributed by atoms with Gasteiger partial charge in [-0.05, 0) is 38.0 Å². The van der Waals surface area contributed by atoms with E-state index in [0.29, 0.717) is 17.2 Å². The molecular formula is C18H19N3O2. The average molecular weight is 309 g/mol. The van der Waals surface area contributed by atoms with E-state index in [1.165, 1.54) is 0 Å². The van der Waals surface area contributed by atoms with E-state index < -0.39 is 0 Å². The van der Waals surface area contributed by atoms with Crippen LogP contribution in [0.3, 0.4) is 0 Å². The minimum atomic E-state index is 0.0688. The Morgan fingerprint density at radius 1 is 1.26 bits per heavy atom. The maximum atomic E-state index is 12.5. The molecule has 3 aromatic rings. The zero-order chi connectivity index (χ0) is 15.8. The molecule has 3 heterocycles. The predicted molar refractivity (Wildman–Crippen MR) is 87.4 cm³/mol. The Kier molecular flexibility index (Phi) is 3.41. The van der Waals surface area contributed by atoms with E-state index >= 15 is 0 Å². The van der Waals surface area contributed by atoms with E-state index in [1.54, 1.807) is 12.3 Å². The number of aromatic amines is 1.